The molecule has 0 saturated carbocycles. The first-order chi connectivity index (χ1) is 11.6. The Bertz CT molecular complexity index is 811. The first-order valence-corrected chi connectivity index (χ1v) is 8.52. The van der Waals surface area contributed by atoms with Crippen LogP contribution in [-0.4, -0.2) is 17.0 Å². The van der Waals surface area contributed by atoms with Crippen LogP contribution < -0.4 is 10.1 Å². The highest BCUT2D eigenvalue weighted by atomic mass is 32.1. The highest BCUT2D eigenvalue weighted by Gasteiger charge is 2.11. The molecule has 1 N–H and O–H groups in total. The number of hydrogen-bond acceptors (Lipinski definition) is 4. The highest BCUT2D eigenvalue weighted by Crippen LogP contribution is 2.30. The largest absolute Gasteiger partial charge is 0.491 e. The first kappa shape index (κ1) is 16.2. The number of thiophene rings is 1. The molecule has 5 heteroatoms. The molecule has 1 aromatic carbocycles. The Morgan fingerprint density at radius 1 is 1.04 bits per heavy atom. The average molecular weight is 338 g/mol. The Morgan fingerprint density at radius 2 is 1.75 bits per heavy atom. The van der Waals surface area contributed by atoms with E-state index in [9.17, 15) is 4.79 Å². The Kier molecular flexibility index (Phi) is 4.91. The molecule has 0 unspecified atom stereocenters. The standard InChI is InChI=1S/C19H18N2O2S/c1-13(2)23-16-5-3-14(4-6-16)17-7-8-18(24-17)19(22)21-15-9-11-20-12-10-15/h3-13H,1-2H3,(H,20,21,22). The third kappa shape index (κ3) is 4.00. The lowest BCUT2D eigenvalue weighted by Crippen LogP contribution is -2.09. The third-order valence-electron chi connectivity index (χ3n) is 3.28. The number of nitrogens with zero attached hydrogens (tertiary/aromatic N) is 1. The number of amides is 1. The van der Waals surface area contributed by atoms with Crippen LogP contribution >= 0.6 is 11.3 Å². The fourth-order valence-electron chi connectivity index (χ4n) is 2.21. The molecule has 0 fully saturated rings. The number of carbonyl (C=O) groups excluding carboxylic acids is 1. The molecule has 0 saturated heterocycles. The van der Waals surface area contributed by atoms with Crippen LogP contribution in [0.1, 0.15) is 23.5 Å². The van der Waals surface area contributed by atoms with Gasteiger partial charge in [0.2, 0.25) is 0 Å². The van der Waals surface area contributed by atoms with Gasteiger partial charge in [-0.05, 0) is 67.9 Å². The van der Waals surface area contributed by atoms with Crippen LogP contribution in [0.25, 0.3) is 10.4 Å². The van der Waals surface area contributed by atoms with Crippen molar-refractivity contribution in [3.05, 3.63) is 65.8 Å². The fourth-order valence-corrected chi connectivity index (χ4v) is 3.12. The van der Waals surface area contributed by atoms with Crippen LogP contribution in [0.3, 0.4) is 0 Å². The lowest BCUT2D eigenvalue weighted by molar-refractivity contribution is 0.103. The second-order valence-corrected chi connectivity index (χ2v) is 6.63. The molecule has 0 radical (unpaired) electrons. The lowest BCUT2D eigenvalue weighted by atomic mass is 10.2. The Labute approximate surface area is 145 Å². The Balaban J connectivity index is 1.72. The summed E-state index contributed by atoms with van der Waals surface area (Å²) in [5, 5.41) is 2.87. The van der Waals surface area contributed by atoms with Crippen molar-refractivity contribution in [3.63, 3.8) is 0 Å². The number of benzene rings is 1. The predicted molar refractivity (Wildman–Crippen MR) is 97.7 cm³/mol. The highest BCUT2D eigenvalue weighted by molar-refractivity contribution is 7.17. The molecule has 0 aliphatic carbocycles. The molecule has 122 valence electrons. The van der Waals surface area contributed by atoms with Crippen molar-refractivity contribution in [1.29, 1.82) is 0 Å². The summed E-state index contributed by atoms with van der Waals surface area (Å²) in [5.41, 5.74) is 1.80. The SMILES string of the molecule is CC(C)Oc1ccc(-c2ccc(C(=O)Nc3ccncc3)s2)cc1. The van der Waals surface area contributed by atoms with Crippen molar-refractivity contribution < 1.29 is 9.53 Å². The minimum atomic E-state index is -0.114. The molecule has 0 aliphatic heterocycles. The number of aromatic nitrogens is 1. The van der Waals surface area contributed by atoms with Crippen molar-refractivity contribution in [2.24, 2.45) is 0 Å². The number of nitrogens with one attached hydrogen (secondary N) is 1. The molecule has 3 rings (SSSR count). The number of pyridine rings is 1. The summed E-state index contributed by atoms with van der Waals surface area (Å²) >= 11 is 1.46. The van der Waals surface area contributed by atoms with Gasteiger partial charge in [0.1, 0.15) is 5.75 Å². The van der Waals surface area contributed by atoms with Gasteiger partial charge in [-0.3, -0.25) is 9.78 Å². The van der Waals surface area contributed by atoms with Gasteiger partial charge in [-0.25, -0.2) is 0 Å². The van der Waals surface area contributed by atoms with Gasteiger partial charge >= 0.3 is 0 Å². The van der Waals surface area contributed by atoms with Crippen molar-refractivity contribution in [1.82, 2.24) is 4.98 Å². The van der Waals surface area contributed by atoms with E-state index in [0.717, 1.165) is 21.9 Å². The number of hydrogen-bond donors (Lipinski definition) is 1. The molecule has 24 heavy (non-hydrogen) atoms. The quantitative estimate of drug-likeness (QED) is 0.723. The van der Waals surface area contributed by atoms with Gasteiger partial charge < -0.3 is 10.1 Å². The molecule has 0 aliphatic rings. The maximum Gasteiger partial charge on any atom is 0.265 e. The first-order valence-electron chi connectivity index (χ1n) is 7.70. The smallest absolute Gasteiger partial charge is 0.265 e. The third-order valence-corrected chi connectivity index (χ3v) is 4.41. The second kappa shape index (κ2) is 7.27. The summed E-state index contributed by atoms with van der Waals surface area (Å²) in [6, 6.07) is 15.2. The van der Waals surface area contributed by atoms with E-state index < -0.39 is 0 Å². The summed E-state index contributed by atoms with van der Waals surface area (Å²) < 4.78 is 5.65. The van der Waals surface area contributed by atoms with E-state index >= 15 is 0 Å². The molecule has 2 heterocycles. The maximum atomic E-state index is 12.3. The lowest BCUT2D eigenvalue weighted by Gasteiger charge is -2.09. The zero-order valence-corrected chi connectivity index (χ0v) is 14.3. The summed E-state index contributed by atoms with van der Waals surface area (Å²) in [7, 11) is 0. The topological polar surface area (TPSA) is 51.2 Å². The number of carbonyl (C=O) groups is 1. The molecular weight excluding hydrogens is 320 g/mol. The van der Waals surface area contributed by atoms with Crippen LogP contribution in [0, 0.1) is 0 Å². The van der Waals surface area contributed by atoms with Crippen LogP contribution in [0.2, 0.25) is 0 Å². The van der Waals surface area contributed by atoms with Crippen molar-refractivity contribution >= 4 is 22.9 Å². The predicted octanol–water partition coefficient (Wildman–Crippen LogP) is 4.85. The summed E-state index contributed by atoms with van der Waals surface area (Å²) in [6.07, 6.45) is 3.45. The maximum absolute atomic E-state index is 12.3. The van der Waals surface area contributed by atoms with Gasteiger partial charge in [-0.2, -0.15) is 0 Å². The normalized spacial score (nSPS) is 10.6. The minimum Gasteiger partial charge on any atom is -0.491 e. The van der Waals surface area contributed by atoms with Gasteiger partial charge in [0.25, 0.3) is 5.91 Å². The molecule has 4 nitrogen and oxygen atoms in total. The molecule has 1 amide bonds. The summed E-state index contributed by atoms with van der Waals surface area (Å²) in [4.78, 5) is 17.9. The van der Waals surface area contributed by atoms with E-state index in [1.54, 1.807) is 24.5 Å². The molecule has 0 atom stereocenters. The number of rotatable bonds is 5. The van der Waals surface area contributed by atoms with E-state index in [-0.39, 0.29) is 12.0 Å². The van der Waals surface area contributed by atoms with E-state index in [1.807, 2.05) is 50.2 Å². The van der Waals surface area contributed by atoms with Gasteiger partial charge in [-0.15, -0.1) is 11.3 Å². The van der Waals surface area contributed by atoms with E-state index in [0.29, 0.717) is 4.88 Å². The molecule has 0 bridgehead atoms. The zero-order chi connectivity index (χ0) is 16.9. The van der Waals surface area contributed by atoms with E-state index in [1.165, 1.54) is 11.3 Å². The van der Waals surface area contributed by atoms with Crippen LogP contribution in [-0.2, 0) is 0 Å². The minimum absolute atomic E-state index is 0.114. The van der Waals surface area contributed by atoms with Crippen molar-refractivity contribution in [2.75, 3.05) is 5.32 Å². The Hall–Kier alpha value is -2.66. The Morgan fingerprint density at radius 3 is 2.42 bits per heavy atom. The van der Waals surface area contributed by atoms with Crippen LogP contribution in [0.4, 0.5) is 5.69 Å². The second-order valence-electron chi connectivity index (χ2n) is 5.54. The molecule has 3 aromatic rings. The van der Waals surface area contributed by atoms with Crippen molar-refractivity contribution in [2.45, 2.75) is 20.0 Å². The molecular formula is C19H18N2O2S. The van der Waals surface area contributed by atoms with Gasteiger partial charge in [0.15, 0.2) is 0 Å². The van der Waals surface area contributed by atoms with Gasteiger partial charge in [0.05, 0.1) is 11.0 Å². The van der Waals surface area contributed by atoms with Crippen molar-refractivity contribution in [3.8, 4) is 16.2 Å². The van der Waals surface area contributed by atoms with Crippen LogP contribution in [0.15, 0.2) is 60.9 Å². The van der Waals surface area contributed by atoms with Gasteiger partial charge in [-0.1, -0.05) is 0 Å². The van der Waals surface area contributed by atoms with Crippen LogP contribution in [0.5, 0.6) is 5.75 Å². The summed E-state index contributed by atoms with van der Waals surface area (Å²) in [6.45, 7) is 4.00. The van der Waals surface area contributed by atoms with Gasteiger partial charge in [0, 0.05) is 23.0 Å². The molecule has 0 spiro atoms. The fraction of sp³-hybridized carbons (Fsp3) is 0.158. The zero-order valence-electron chi connectivity index (χ0n) is 13.5. The van der Waals surface area contributed by atoms with E-state index in [4.69, 9.17) is 4.74 Å². The average Bonchev–Trinajstić information content (AvgIpc) is 3.06. The number of ether oxygens (including phenoxy) is 1. The molecule has 2 aromatic heterocycles. The number of anilines is 1. The summed E-state index contributed by atoms with van der Waals surface area (Å²) in [5.74, 6) is 0.734. The van der Waals surface area contributed by atoms with E-state index in [2.05, 4.69) is 10.3 Å². The monoisotopic (exact) mass is 338 g/mol.